The highest BCUT2D eigenvalue weighted by atomic mass is 32.2. The van der Waals surface area contributed by atoms with E-state index in [2.05, 4.69) is 5.32 Å². The molecule has 8 heteroatoms. The standard InChI is InChI=1S/C22H29N3O4S/c1-17-9-8-12-20(15-17)25(30(4,28)29)16-21(26)24(18(2)22(27)23-3)14-13-19-10-6-5-7-11-19/h5-12,15,18H,13-14,16H2,1-4H3,(H,23,27)/t18-/m1/s1. The van der Waals surface area contributed by atoms with Gasteiger partial charge in [-0.25, -0.2) is 8.42 Å². The lowest BCUT2D eigenvalue weighted by atomic mass is 10.1. The number of likely N-dealkylation sites (N-methyl/N-ethyl adjacent to an activating group) is 1. The number of carbonyl (C=O) groups is 2. The van der Waals surface area contributed by atoms with Crippen molar-refractivity contribution in [1.29, 1.82) is 0 Å². The Labute approximate surface area is 178 Å². The number of amides is 2. The Kier molecular flexibility index (Phi) is 8.00. The lowest BCUT2D eigenvalue weighted by molar-refractivity contribution is -0.138. The van der Waals surface area contributed by atoms with Gasteiger partial charge in [-0.3, -0.25) is 13.9 Å². The van der Waals surface area contributed by atoms with Crippen LogP contribution >= 0.6 is 0 Å². The zero-order valence-electron chi connectivity index (χ0n) is 17.8. The van der Waals surface area contributed by atoms with Crippen molar-refractivity contribution in [3.05, 3.63) is 65.7 Å². The van der Waals surface area contributed by atoms with Crippen molar-refractivity contribution < 1.29 is 18.0 Å². The fourth-order valence-corrected chi connectivity index (χ4v) is 4.02. The van der Waals surface area contributed by atoms with Gasteiger partial charge < -0.3 is 10.2 Å². The van der Waals surface area contributed by atoms with Crippen LogP contribution in [0, 0.1) is 6.92 Å². The van der Waals surface area contributed by atoms with Gasteiger partial charge in [-0.05, 0) is 43.5 Å². The van der Waals surface area contributed by atoms with E-state index in [0.29, 0.717) is 18.7 Å². The molecule has 0 aliphatic rings. The maximum Gasteiger partial charge on any atom is 0.244 e. The number of hydrogen-bond donors (Lipinski definition) is 1. The number of hydrogen-bond acceptors (Lipinski definition) is 4. The summed E-state index contributed by atoms with van der Waals surface area (Å²) in [7, 11) is -2.19. The van der Waals surface area contributed by atoms with Crippen LogP contribution in [0.5, 0.6) is 0 Å². The van der Waals surface area contributed by atoms with Crippen LogP contribution in [0.4, 0.5) is 5.69 Å². The molecule has 0 fully saturated rings. The Bertz CT molecular complexity index is 977. The smallest absolute Gasteiger partial charge is 0.244 e. The number of rotatable bonds is 9. The minimum atomic E-state index is -3.70. The van der Waals surface area contributed by atoms with E-state index in [4.69, 9.17) is 0 Å². The van der Waals surface area contributed by atoms with Crippen LogP contribution in [0.1, 0.15) is 18.1 Å². The molecule has 0 aliphatic carbocycles. The molecule has 0 radical (unpaired) electrons. The van der Waals surface area contributed by atoms with E-state index in [1.807, 2.05) is 43.3 Å². The van der Waals surface area contributed by atoms with Crippen LogP contribution < -0.4 is 9.62 Å². The lowest BCUT2D eigenvalue weighted by Crippen LogP contribution is -2.51. The summed E-state index contributed by atoms with van der Waals surface area (Å²) in [5.41, 5.74) is 2.33. The van der Waals surface area contributed by atoms with Crippen molar-refractivity contribution in [2.24, 2.45) is 0 Å². The third-order valence-electron chi connectivity index (χ3n) is 4.87. The molecule has 0 spiro atoms. The quantitative estimate of drug-likeness (QED) is 0.658. The molecule has 2 aromatic carbocycles. The predicted molar refractivity (Wildman–Crippen MR) is 119 cm³/mol. The molecule has 0 bridgehead atoms. The van der Waals surface area contributed by atoms with Crippen molar-refractivity contribution in [3.63, 3.8) is 0 Å². The van der Waals surface area contributed by atoms with Gasteiger partial charge in [0.25, 0.3) is 0 Å². The molecule has 7 nitrogen and oxygen atoms in total. The van der Waals surface area contributed by atoms with Gasteiger partial charge in [0.1, 0.15) is 12.6 Å². The second kappa shape index (κ2) is 10.2. The van der Waals surface area contributed by atoms with Crippen LogP contribution in [0.3, 0.4) is 0 Å². The van der Waals surface area contributed by atoms with Crippen LogP contribution in [0.2, 0.25) is 0 Å². The fourth-order valence-electron chi connectivity index (χ4n) is 3.18. The van der Waals surface area contributed by atoms with Gasteiger partial charge in [-0.15, -0.1) is 0 Å². The fraction of sp³-hybridized carbons (Fsp3) is 0.364. The SMILES string of the molecule is CNC(=O)[C@@H](C)N(CCc1ccccc1)C(=O)CN(c1cccc(C)c1)S(C)(=O)=O. The summed E-state index contributed by atoms with van der Waals surface area (Å²) >= 11 is 0. The van der Waals surface area contributed by atoms with Crippen molar-refractivity contribution in [1.82, 2.24) is 10.2 Å². The number of benzene rings is 2. The lowest BCUT2D eigenvalue weighted by Gasteiger charge is -2.31. The number of sulfonamides is 1. The van der Waals surface area contributed by atoms with E-state index >= 15 is 0 Å². The van der Waals surface area contributed by atoms with Crippen LogP contribution in [-0.4, -0.2) is 57.6 Å². The average Bonchev–Trinajstić information content (AvgIpc) is 2.71. The largest absolute Gasteiger partial charge is 0.357 e. The molecule has 0 heterocycles. The van der Waals surface area contributed by atoms with Crippen LogP contribution in [0.15, 0.2) is 54.6 Å². The van der Waals surface area contributed by atoms with Gasteiger partial charge >= 0.3 is 0 Å². The molecule has 0 aromatic heterocycles. The first-order valence-electron chi connectivity index (χ1n) is 9.73. The Morgan fingerprint density at radius 1 is 1.07 bits per heavy atom. The van der Waals surface area contributed by atoms with Gasteiger partial charge in [0.05, 0.1) is 11.9 Å². The first-order chi connectivity index (χ1) is 14.1. The molecule has 0 unspecified atom stereocenters. The zero-order valence-corrected chi connectivity index (χ0v) is 18.6. The Morgan fingerprint density at radius 2 is 1.73 bits per heavy atom. The average molecular weight is 432 g/mol. The molecular weight excluding hydrogens is 402 g/mol. The summed E-state index contributed by atoms with van der Waals surface area (Å²) in [5.74, 6) is -0.744. The molecule has 0 saturated heterocycles. The maximum absolute atomic E-state index is 13.2. The van der Waals surface area contributed by atoms with E-state index in [9.17, 15) is 18.0 Å². The Balaban J connectivity index is 2.28. The molecule has 2 amide bonds. The van der Waals surface area contributed by atoms with E-state index < -0.39 is 22.0 Å². The first-order valence-corrected chi connectivity index (χ1v) is 11.6. The molecule has 0 saturated carbocycles. The minimum Gasteiger partial charge on any atom is -0.357 e. The second-order valence-corrected chi connectivity index (χ2v) is 9.13. The van der Waals surface area contributed by atoms with E-state index in [0.717, 1.165) is 21.7 Å². The third-order valence-corrected chi connectivity index (χ3v) is 6.01. The number of aryl methyl sites for hydroxylation is 1. The molecular formula is C22H29N3O4S. The topological polar surface area (TPSA) is 86.8 Å². The van der Waals surface area contributed by atoms with Crippen LogP contribution in [-0.2, 0) is 26.0 Å². The second-order valence-electron chi connectivity index (χ2n) is 7.22. The highest BCUT2D eigenvalue weighted by Gasteiger charge is 2.29. The maximum atomic E-state index is 13.2. The third kappa shape index (κ3) is 6.32. The first kappa shape index (κ1) is 23.4. The summed E-state index contributed by atoms with van der Waals surface area (Å²) in [5, 5.41) is 2.56. The number of anilines is 1. The van der Waals surface area contributed by atoms with E-state index in [1.54, 1.807) is 25.1 Å². The molecule has 2 aromatic rings. The number of carbonyl (C=O) groups excluding carboxylic acids is 2. The van der Waals surface area contributed by atoms with Crippen molar-refractivity contribution in [2.45, 2.75) is 26.3 Å². The highest BCUT2D eigenvalue weighted by molar-refractivity contribution is 7.92. The van der Waals surface area contributed by atoms with E-state index in [-0.39, 0.29) is 12.5 Å². The molecule has 0 aliphatic heterocycles. The molecule has 2 rings (SSSR count). The minimum absolute atomic E-state index is 0.294. The van der Waals surface area contributed by atoms with Gasteiger partial charge in [-0.1, -0.05) is 42.5 Å². The van der Waals surface area contributed by atoms with Crippen molar-refractivity contribution >= 4 is 27.5 Å². The molecule has 1 atom stereocenters. The van der Waals surface area contributed by atoms with E-state index in [1.165, 1.54) is 11.9 Å². The van der Waals surface area contributed by atoms with Gasteiger partial charge in [0.2, 0.25) is 21.8 Å². The number of nitrogens with one attached hydrogen (secondary N) is 1. The summed E-state index contributed by atoms with van der Waals surface area (Å²) in [6, 6.07) is 15.9. The summed E-state index contributed by atoms with van der Waals surface area (Å²) in [4.78, 5) is 26.8. The van der Waals surface area contributed by atoms with Crippen LogP contribution in [0.25, 0.3) is 0 Å². The summed E-state index contributed by atoms with van der Waals surface area (Å²) < 4.78 is 25.9. The van der Waals surface area contributed by atoms with Gasteiger partial charge in [-0.2, -0.15) is 0 Å². The molecule has 162 valence electrons. The van der Waals surface area contributed by atoms with Gasteiger partial charge in [0.15, 0.2) is 0 Å². The molecule has 30 heavy (non-hydrogen) atoms. The highest BCUT2D eigenvalue weighted by Crippen LogP contribution is 2.19. The predicted octanol–water partition coefficient (Wildman–Crippen LogP) is 1.97. The zero-order chi connectivity index (χ0) is 22.3. The van der Waals surface area contributed by atoms with Crippen molar-refractivity contribution in [2.75, 3.05) is 30.7 Å². The number of nitrogens with zero attached hydrogens (tertiary/aromatic N) is 2. The Morgan fingerprint density at radius 3 is 2.30 bits per heavy atom. The molecule has 1 N–H and O–H groups in total. The summed E-state index contributed by atoms with van der Waals surface area (Å²) in [6.45, 7) is 3.41. The van der Waals surface area contributed by atoms with Crippen molar-refractivity contribution in [3.8, 4) is 0 Å². The van der Waals surface area contributed by atoms with Gasteiger partial charge in [0, 0.05) is 13.6 Å². The Hall–Kier alpha value is -2.87. The monoisotopic (exact) mass is 431 g/mol. The summed E-state index contributed by atoms with van der Waals surface area (Å²) in [6.07, 6.45) is 1.62. The normalized spacial score (nSPS) is 12.1.